The van der Waals surface area contributed by atoms with Gasteiger partial charge in [-0.05, 0) is 60.9 Å². The molecule has 1 N–H and O–H groups in total. The lowest BCUT2D eigenvalue weighted by atomic mass is 10.0. The molecule has 0 aliphatic carbocycles. The molecule has 0 heterocycles. The number of anilines is 1. The number of hydrogen-bond donors (Lipinski definition) is 1. The van der Waals surface area contributed by atoms with E-state index in [0.29, 0.717) is 27.8 Å². The van der Waals surface area contributed by atoms with Crippen molar-refractivity contribution in [3.63, 3.8) is 0 Å². The Morgan fingerprint density at radius 3 is 2.10 bits per heavy atom. The van der Waals surface area contributed by atoms with Gasteiger partial charge < -0.3 is 19.7 Å². The van der Waals surface area contributed by atoms with Gasteiger partial charge in [-0.2, -0.15) is 0 Å². The van der Waals surface area contributed by atoms with Gasteiger partial charge in [0.1, 0.15) is 12.6 Å². The average molecular weight is 713 g/mol. The first kappa shape index (κ1) is 36.6. The highest BCUT2D eigenvalue weighted by atomic mass is 35.5. The van der Waals surface area contributed by atoms with Gasteiger partial charge in [-0.15, -0.1) is 0 Å². The van der Waals surface area contributed by atoms with Crippen LogP contribution in [0, 0.1) is 0 Å². The van der Waals surface area contributed by atoms with E-state index >= 15 is 0 Å². The van der Waals surface area contributed by atoms with Crippen molar-refractivity contribution >= 4 is 50.7 Å². The van der Waals surface area contributed by atoms with E-state index in [2.05, 4.69) is 5.32 Å². The van der Waals surface area contributed by atoms with Crippen LogP contribution in [0.1, 0.15) is 31.4 Å². The molecule has 9 nitrogen and oxygen atoms in total. The summed E-state index contributed by atoms with van der Waals surface area (Å²) in [6.07, 6.45) is 0.838. The van der Waals surface area contributed by atoms with E-state index in [9.17, 15) is 18.0 Å². The lowest BCUT2D eigenvalue weighted by molar-refractivity contribution is -0.140. The van der Waals surface area contributed by atoms with Gasteiger partial charge in [0.2, 0.25) is 11.8 Å². The van der Waals surface area contributed by atoms with E-state index < -0.39 is 28.5 Å². The van der Waals surface area contributed by atoms with Crippen LogP contribution in [0.4, 0.5) is 5.69 Å². The Morgan fingerprint density at radius 1 is 0.854 bits per heavy atom. The molecular formula is C36H39Cl2N3O6S. The Labute approximate surface area is 292 Å². The van der Waals surface area contributed by atoms with Crippen LogP contribution in [-0.2, 0) is 32.6 Å². The van der Waals surface area contributed by atoms with Gasteiger partial charge in [-0.25, -0.2) is 8.42 Å². The molecule has 0 unspecified atom stereocenters. The summed E-state index contributed by atoms with van der Waals surface area (Å²) >= 11 is 12.8. The second-order valence-electron chi connectivity index (χ2n) is 11.1. The van der Waals surface area contributed by atoms with E-state index in [0.717, 1.165) is 9.87 Å². The predicted octanol–water partition coefficient (Wildman–Crippen LogP) is 6.76. The molecule has 0 aliphatic rings. The largest absolute Gasteiger partial charge is 0.493 e. The Hall–Kier alpha value is -4.25. The second-order valence-corrected chi connectivity index (χ2v) is 13.9. The fourth-order valence-corrected chi connectivity index (χ4v) is 6.95. The van der Waals surface area contributed by atoms with Crippen LogP contribution in [0.3, 0.4) is 0 Å². The number of rotatable bonds is 15. The molecule has 4 rings (SSSR count). The molecule has 2 atom stereocenters. The molecule has 2 amide bonds. The number of nitrogens with zero attached hydrogens (tertiary/aromatic N) is 2. The zero-order valence-corrected chi connectivity index (χ0v) is 29.6. The van der Waals surface area contributed by atoms with Gasteiger partial charge in [0, 0.05) is 35.1 Å². The fourth-order valence-electron chi connectivity index (χ4n) is 5.06. The first-order chi connectivity index (χ1) is 23.0. The van der Waals surface area contributed by atoms with E-state index in [1.54, 1.807) is 42.5 Å². The van der Waals surface area contributed by atoms with Crippen LogP contribution in [0.5, 0.6) is 11.5 Å². The van der Waals surface area contributed by atoms with Crippen molar-refractivity contribution in [2.24, 2.45) is 0 Å². The molecule has 0 bridgehead atoms. The van der Waals surface area contributed by atoms with Crippen LogP contribution in [0.25, 0.3) is 0 Å². The van der Waals surface area contributed by atoms with Crippen LogP contribution < -0.4 is 19.1 Å². The van der Waals surface area contributed by atoms with Gasteiger partial charge in [0.15, 0.2) is 11.5 Å². The SMILES string of the molecule is CC[C@@H](C)NC(=O)[C@H](Cc1ccccc1)N(Cc1ccc(Cl)cc1Cl)C(=O)CN(c1ccc(OC)c(OC)c1)S(=O)(=O)c1ccccc1. The zero-order valence-electron chi connectivity index (χ0n) is 27.2. The Balaban J connectivity index is 1.86. The minimum Gasteiger partial charge on any atom is -0.493 e. The Bertz CT molecular complexity index is 1810. The highest BCUT2D eigenvalue weighted by Gasteiger charge is 2.35. The molecule has 0 radical (unpaired) electrons. The highest BCUT2D eigenvalue weighted by molar-refractivity contribution is 7.92. The standard InChI is InChI=1S/C36H39Cl2N3O6S/c1-5-25(2)39-36(43)32(20-26-12-8-6-9-13-26)40(23-27-16-17-28(37)21-31(27)38)35(42)24-41(48(44,45)30-14-10-7-11-15-30)29-18-19-33(46-3)34(22-29)47-4/h6-19,21-22,25,32H,5,20,23-24H2,1-4H3,(H,39,43)/t25-,32+/m1/s1. The van der Waals surface area contributed by atoms with Crippen LogP contribution >= 0.6 is 23.2 Å². The molecule has 12 heteroatoms. The fraction of sp³-hybridized carbons (Fsp3) is 0.278. The van der Waals surface area contributed by atoms with Crippen molar-refractivity contribution in [2.75, 3.05) is 25.1 Å². The van der Waals surface area contributed by atoms with Crippen molar-refractivity contribution in [3.8, 4) is 11.5 Å². The van der Waals surface area contributed by atoms with Gasteiger partial charge in [0.25, 0.3) is 10.0 Å². The summed E-state index contributed by atoms with van der Waals surface area (Å²) < 4.78 is 40.3. The van der Waals surface area contributed by atoms with Crippen molar-refractivity contribution in [2.45, 2.75) is 50.2 Å². The molecule has 4 aromatic rings. The lowest BCUT2D eigenvalue weighted by Crippen LogP contribution is -2.54. The maximum atomic E-state index is 14.7. The molecule has 48 heavy (non-hydrogen) atoms. The number of carbonyl (C=O) groups excluding carboxylic acids is 2. The number of benzene rings is 4. The predicted molar refractivity (Wildman–Crippen MR) is 189 cm³/mol. The topological polar surface area (TPSA) is 105 Å². The van der Waals surface area contributed by atoms with Crippen molar-refractivity contribution in [1.29, 1.82) is 0 Å². The summed E-state index contributed by atoms with van der Waals surface area (Å²) in [4.78, 5) is 30.0. The minimum absolute atomic E-state index is 0.0183. The van der Waals surface area contributed by atoms with Crippen LogP contribution in [0.2, 0.25) is 10.0 Å². The summed E-state index contributed by atoms with van der Waals surface area (Å²) in [6, 6.07) is 25.4. The third-order valence-corrected chi connectivity index (χ3v) is 10.3. The highest BCUT2D eigenvalue weighted by Crippen LogP contribution is 2.34. The molecule has 0 aromatic heterocycles. The Morgan fingerprint density at radius 2 is 1.50 bits per heavy atom. The number of carbonyl (C=O) groups is 2. The maximum Gasteiger partial charge on any atom is 0.264 e. The number of amides is 2. The summed E-state index contributed by atoms with van der Waals surface area (Å²) in [7, 11) is -1.39. The molecule has 0 saturated heterocycles. The Kier molecular flexibility index (Phi) is 12.7. The number of halogens is 2. The normalized spacial score (nSPS) is 12.5. The molecule has 0 saturated carbocycles. The minimum atomic E-state index is -4.30. The van der Waals surface area contributed by atoms with Crippen molar-refractivity contribution in [3.05, 3.63) is 118 Å². The maximum absolute atomic E-state index is 14.7. The van der Waals surface area contributed by atoms with Gasteiger partial charge >= 0.3 is 0 Å². The molecule has 0 aliphatic heterocycles. The van der Waals surface area contributed by atoms with E-state index in [4.69, 9.17) is 32.7 Å². The smallest absolute Gasteiger partial charge is 0.264 e. The molecule has 254 valence electrons. The molecule has 4 aromatic carbocycles. The lowest BCUT2D eigenvalue weighted by Gasteiger charge is -2.34. The van der Waals surface area contributed by atoms with E-state index in [-0.39, 0.29) is 41.2 Å². The second kappa shape index (κ2) is 16.7. The van der Waals surface area contributed by atoms with E-state index in [1.807, 2.05) is 44.2 Å². The third-order valence-electron chi connectivity index (χ3n) is 7.89. The number of ether oxygens (including phenoxy) is 2. The van der Waals surface area contributed by atoms with Crippen LogP contribution in [-0.4, -0.2) is 58.0 Å². The molecular weight excluding hydrogens is 673 g/mol. The monoisotopic (exact) mass is 711 g/mol. The third kappa shape index (κ3) is 9.00. The molecule has 0 spiro atoms. The number of sulfonamides is 1. The van der Waals surface area contributed by atoms with Crippen molar-refractivity contribution in [1.82, 2.24) is 10.2 Å². The van der Waals surface area contributed by atoms with Crippen molar-refractivity contribution < 1.29 is 27.5 Å². The van der Waals surface area contributed by atoms with Gasteiger partial charge in [0.05, 0.1) is 24.8 Å². The number of hydrogen-bond acceptors (Lipinski definition) is 6. The quantitative estimate of drug-likeness (QED) is 0.146. The summed E-state index contributed by atoms with van der Waals surface area (Å²) in [5.41, 5.74) is 1.51. The number of nitrogens with one attached hydrogen (secondary N) is 1. The first-order valence-corrected chi connectivity index (χ1v) is 17.6. The average Bonchev–Trinajstić information content (AvgIpc) is 3.09. The van der Waals surface area contributed by atoms with E-state index in [1.165, 1.54) is 43.4 Å². The molecule has 0 fully saturated rings. The number of methoxy groups -OCH3 is 2. The summed E-state index contributed by atoms with van der Waals surface area (Å²) in [5, 5.41) is 3.72. The van der Waals surface area contributed by atoms with Crippen LogP contribution in [0.15, 0.2) is 102 Å². The summed E-state index contributed by atoms with van der Waals surface area (Å²) in [5.74, 6) is -0.352. The zero-order chi connectivity index (χ0) is 34.8. The summed E-state index contributed by atoms with van der Waals surface area (Å²) in [6.45, 7) is 3.10. The van der Waals surface area contributed by atoms with Gasteiger partial charge in [-0.1, -0.05) is 84.7 Å². The first-order valence-electron chi connectivity index (χ1n) is 15.4. The van der Waals surface area contributed by atoms with Gasteiger partial charge in [-0.3, -0.25) is 13.9 Å².